The molecule has 0 aromatic carbocycles. The Morgan fingerprint density at radius 2 is 2.24 bits per heavy atom. The molecule has 0 aliphatic carbocycles. The van der Waals surface area contributed by atoms with E-state index in [0.29, 0.717) is 5.41 Å². The Labute approximate surface area is 111 Å². The van der Waals surface area contributed by atoms with E-state index in [9.17, 15) is 0 Å². The van der Waals surface area contributed by atoms with Gasteiger partial charge in [-0.1, -0.05) is 13.8 Å². The summed E-state index contributed by atoms with van der Waals surface area (Å²) in [7, 11) is 2.08. The van der Waals surface area contributed by atoms with Crippen LogP contribution < -0.4 is 5.32 Å². The highest BCUT2D eigenvalue weighted by atomic mass is 32.2. The lowest BCUT2D eigenvalue weighted by molar-refractivity contribution is 0.0578. The zero-order valence-corrected chi connectivity index (χ0v) is 12.5. The first-order chi connectivity index (χ1) is 8.13. The lowest BCUT2D eigenvalue weighted by Crippen LogP contribution is -2.53. The van der Waals surface area contributed by atoms with E-state index < -0.39 is 0 Å². The van der Waals surface area contributed by atoms with Crippen molar-refractivity contribution >= 4 is 11.8 Å². The molecule has 2 atom stereocenters. The predicted octanol–water partition coefficient (Wildman–Crippen LogP) is 2.45. The molecule has 100 valence electrons. The molecule has 0 spiro atoms. The molecule has 2 rings (SSSR count). The molecule has 2 unspecified atom stereocenters. The van der Waals surface area contributed by atoms with Crippen LogP contribution in [0.5, 0.6) is 0 Å². The van der Waals surface area contributed by atoms with Gasteiger partial charge in [0.15, 0.2) is 0 Å². The largest absolute Gasteiger partial charge is 0.319 e. The van der Waals surface area contributed by atoms with Gasteiger partial charge in [-0.25, -0.2) is 0 Å². The van der Waals surface area contributed by atoms with Crippen molar-refractivity contribution in [1.82, 2.24) is 10.2 Å². The van der Waals surface area contributed by atoms with Crippen molar-refractivity contribution in [1.29, 1.82) is 0 Å². The number of hydrogen-bond donors (Lipinski definition) is 1. The summed E-state index contributed by atoms with van der Waals surface area (Å²) in [6, 6.07) is 0.806. The van der Waals surface area contributed by atoms with E-state index >= 15 is 0 Å². The summed E-state index contributed by atoms with van der Waals surface area (Å²) >= 11 is 2.16. The topological polar surface area (TPSA) is 15.3 Å². The number of piperidine rings is 1. The molecule has 0 radical (unpaired) electrons. The van der Waals surface area contributed by atoms with Gasteiger partial charge >= 0.3 is 0 Å². The normalized spacial score (nSPS) is 34.8. The smallest absolute Gasteiger partial charge is 0.0237 e. The van der Waals surface area contributed by atoms with E-state index in [2.05, 4.69) is 42.9 Å². The summed E-state index contributed by atoms with van der Waals surface area (Å²) in [5.74, 6) is 3.58. The van der Waals surface area contributed by atoms with Gasteiger partial charge in [0.05, 0.1) is 0 Å². The first-order valence-electron chi connectivity index (χ1n) is 7.10. The van der Waals surface area contributed by atoms with Crippen LogP contribution in [0, 0.1) is 11.3 Å². The van der Waals surface area contributed by atoms with Crippen molar-refractivity contribution in [3.63, 3.8) is 0 Å². The zero-order chi connectivity index (χ0) is 12.3. The average molecular weight is 256 g/mol. The second-order valence-electron chi connectivity index (χ2n) is 6.39. The maximum Gasteiger partial charge on any atom is 0.0237 e. The first kappa shape index (κ1) is 13.7. The maximum absolute atomic E-state index is 3.35. The molecule has 2 aliphatic heterocycles. The van der Waals surface area contributed by atoms with Crippen LogP contribution >= 0.6 is 11.8 Å². The summed E-state index contributed by atoms with van der Waals surface area (Å²) in [5.41, 5.74) is 0.521. The molecule has 17 heavy (non-hydrogen) atoms. The van der Waals surface area contributed by atoms with Gasteiger partial charge in [-0.3, -0.25) is 4.90 Å². The molecular formula is C14H28N2S. The minimum atomic E-state index is 0.521. The zero-order valence-electron chi connectivity index (χ0n) is 11.7. The van der Waals surface area contributed by atoms with Crippen molar-refractivity contribution in [3.05, 3.63) is 0 Å². The highest BCUT2D eigenvalue weighted by Crippen LogP contribution is 2.38. The Morgan fingerprint density at radius 1 is 1.41 bits per heavy atom. The van der Waals surface area contributed by atoms with Crippen molar-refractivity contribution in [2.75, 3.05) is 38.2 Å². The Morgan fingerprint density at radius 3 is 2.94 bits per heavy atom. The summed E-state index contributed by atoms with van der Waals surface area (Å²) in [6.45, 7) is 8.78. The highest BCUT2D eigenvalue weighted by Gasteiger charge is 2.38. The molecule has 0 bridgehead atoms. The van der Waals surface area contributed by atoms with E-state index in [-0.39, 0.29) is 0 Å². The predicted molar refractivity (Wildman–Crippen MR) is 77.7 cm³/mol. The quantitative estimate of drug-likeness (QED) is 0.835. The highest BCUT2D eigenvalue weighted by molar-refractivity contribution is 7.99. The molecule has 2 saturated heterocycles. The van der Waals surface area contributed by atoms with Crippen LogP contribution in [0.1, 0.15) is 33.1 Å². The number of nitrogens with zero attached hydrogens (tertiary/aromatic N) is 1. The van der Waals surface area contributed by atoms with Crippen LogP contribution in [0.4, 0.5) is 0 Å². The molecule has 2 nitrogen and oxygen atoms in total. The van der Waals surface area contributed by atoms with Gasteiger partial charge < -0.3 is 5.32 Å². The number of thioether (sulfide) groups is 1. The van der Waals surface area contributed by atoms with Gasteiger partial charge in [0.25, 0.3) is 0 Å². The summed E-state index contributed by atoms with van der Waals surface area (Å²) in [4.78, 5) is 2.79. The van der Waals surface area contributed by atoms with Crippen molar-refractivity contribution in [2.24, 2.45) is 11.3 Å². The van der Waals surface area contributed by atoms with Gasteiger partial charge in [-0.15, -0.1) is 0 Å². The van der Waals surface area contributed by atoms with Crippen molar-refractivity contribution in [3.8, 4) is 0 Å². The van der Waals surface area contributed by atoms with E-state index in [0.717, 1.165) is 12.0 Å². The Balaban J connectivity index is 1.95. The van der Waals surface area contributed by atoms with Crippen molar-refractivity contribution < 1.29 is 0 Å². The second-order valence-corrected chi connectivity index (χ2v) is 7.54. The van der Waals surface area contributed by atoms with E-state index in [1.165, 1.54) is 50.4 Å². The van der Waals surface area contributed by atoms with E-state index in [1.807, 2.05) is 0 Å². The van der Waals surface area contributed by atoms with E-state index in [4.69, 9.17) is 0 Å². The molecule has 0 aromatic heterocycles. The molecule has 0 saturated carbocycles. The number of nitrogens with one attached hydrogen (secondary N) is 1. The van der Waals surface area contributed by atoms with Crippen LogP contribution in [0.3, 0.4) is 0 Å². The second kappa shape index (κ2) is 5.94. The SMILES string of the molecule is CNCC1CCCN(C2CSCCC2(C)C)C1. The third-order valence-electron chi connectivity index (χ3n) is 4.55. The van der Waals surface area contributed by atoms with Crippen LogP contribution in [0.15, 0.2) is 0 Å². The molecule has 0 aromatic rings. The average Bonchev–Trinajstić information content (AvgIpc) is 2.29. The van der Waals surface area contributed by atoms with Crippen LogP contribution in [-0.4, -0.2) is 49.1 Å². The lowest BCUT2D eigenvalue weighted by atomic mass is 9.80. The van der Waals surface area contributed by atoms with Crippen LogP contribution in [0.2, 0.25) is 0 Å². The van der Waals surface area contributed by atoms with Gasteiger partial charge in [-0.2, -0.15) is 11.8 Å². The molecule has 3 heteroatoms. The van der Waals surface area contributed by atoms with Crippen LogP contribution in [0.25, 0.3) is 0 Å². The maximum atomic E-state index is 3.35. The number of rotatable bonds is 3. The molecule has 2 fully saturated rings. The van der Waals surface area contributed by atoms with Crippen molar-refractivity contribution in [2.45, 2.75) is 39.2 Å². The summed E-state index contributed by atoms with van der Waals surface area (Å²) in [5, 5.41) is 3.35. The third-order valence-corrected chi connectivity index (χ3v) is 5.60. The fraction of sp³-hybridized carbons (Fsp3) is 1.00. The van der Waals surface area contributed by atoms with Gasteiger partial charge in [0, 0.05) is 18.3 Å². The summed E-state index contributed by atoms with van der Waals surface area (Å²) in [6.07, 6.45) is 4.19. The van der Waals surface area contributed by atoms with Crippen LogP contribution in [-0.2, 0) is 0 Å². The molecular weight excluding hydrogens is 228 g/mol. The third kappa shape index (κ3) is 3.39. The molecule has 1 N–H and O–H groups in total. The fourth-order valence-corrected chi connectivity index (χ4v) is 5.08. The standard InChI is InChI=1S/C14H28N2S/c1-14(2)6-8-17-11-13(14)16-7-4-5-12(10-16)9-15-3/h12-13,15H,4-11H2,1-3H3. The fourth-order valence-electron chi connectivity index (χ4n) is 3.36. The minimum Gasteiger partial charge on any atom is -0.319 e. The molecule has 2 aliphatic rings. The summed E-state index contributed by atoms with van der Waals surface area (Å²) < 4.78 is 0. The Kier molecular flexibility index (Phi) is 4.79. The Hall–Kier alpha value is 0.270. The molecule has 0 amide bonds. The van der Waals surface area contributed by atoms with Gasteiger partial charge in [-0.05, 0) is 56.5 Å². The number of hydrogen-bond acceptors (Lipinski definition) is 3. The monoisotopic (exact) mass is 256 g/mol. The lowest BCUT2D eigenvalue weighted by Gasteiger charge is -2.48. The number of likely N-dealkylation sites (tertiary alicyclic amines) is 1. The first-order valence-corrected chi connectivity index (χ1v) is 8.25. The minimum absolute atomic E-state index is 0.521. The molecule has 2 heterocycles. The van der Waals surface area contributed by atoms with E-state index in [1.54, 1.807) is 0 Å². The van der Waals surface area contributed by atoms with Gasteiger partial charge in [0.2, 0.25) is 0 Å². The van der Waals surface area contributed by atoms with Gasteiger partial charge in [0.1, 0.15) is 0 Å². The Bertz CT molecular complexity index is 240.